The summed E-state index contributed by atoms with van der Waals surface area (Å²) in [7, 11) is 0. The Morgan fingerprint density at radius 1 is 0.964 bits per heavy atom. The van der Waals surface area contributed by atoms with E-state index in [4.69, 9.17) is 39.2 Å². The fourth-order valence-electron chi connectivity index (χ4n) is 2.50. The molecule has 4 nitrogen and oxygen atoms in total. The average molecular weight is 450 g/mol. The van der Waals surface area contributed by atoms with E-state index in [0.29, 0.717) is 47.9 Å². The number of carbonyl (C=O) groups excluding carboxylic acids is 1. The third-order valence-electron chi connectivity index (χ3n) is 3.80. The maximum Gasteiger partial charge on any atom is 0.264 e. The molecular weight excluding hydrogens is 439 g/mol. The van der Waals surface area contributed by atoms with Crippen molar-refractivity contribution in [1.29, 1.82) is 0 Å². The van der Waals surface area contributed by atoms with E-state index in [-0.39, 0.29) is 5.91 Å². The Kier molecular flexibility index (Phi) is 5.51. The Labute approximate surface area is 180 Å². The number of benzene rings is 2. The second-order valence-corrected chi connectivity index (χ2v) is 8.10. The Balaban J connectivity index is 1.56. The van der Waals surface area contributed by atoms with Crippen molar-refractivity contribution in [2.24, 2.45) is 4.99 Å². The smallest absolute Gasteiger partial charge is 0.264 e. The zero-order valence-electron chi connectivity index (χ0n) is 14.1. The lowest BCUT2D eigenvalue weighted by Gasteiger charge is -2.01. The second-order valence-electron chi connectivity index (χ2n) is 5.78. The van der Waals surface area contributed by atoms with Crippen LogP contribution in [0.3, 0.4) is 0 Å². The molecule has 0 saturated carbocycles. The lowest BCUT2D eigenvalue weighted by atomic mass is 10.2. The molecule has 1 fully saturated rings. The van der Waals surface area contributed by atoms with E-state index in [0.717, 1.165) is 0 Å². The van der Waals surface area contributed by atoms with E-state index in [2.05, 4.69) is 10.3 Å². The Hall–Kier alpha value is -2.18. The van der Waals surface area contributed by atoms with Gasteiger partial charge in [-0.15, -0.1) is 0 Å². The van der Waals surface area contributed by atoms with E-state index in [9.17, 15) is 4.79 Å². The van der Waals surface area contributed by atoms with Gasteiger partial charge in [0.05, 0.1) is 15.6 Å². The number of nitrogens with zero attached hydrogens (tertiary/aromatic N) is 1. The monoisotopic (exact) mass is 448 g/mol. The summed E-state index contributed by atoms with van der Waals surface area (Å²) < 4.78 is 5.82. The molecule has 4 rings (SSSR count). The van der Waals surface area contributed by atoms with Crippen molar-refractivity contribution >= 4 is 69.4 Å². The summed E-state index contributed by atoms with van der Waals surface area (Å²) in [6.07, 6.45) is 1.66. The van der Waals surface area contributed by atoms with Gasteiger partial charge >= 0.3 is 0 Å². The Bertz CT molecular complexity index is 1120. The Morgan fingerprint density at radius 2 is 1.71 bits per heavy atom. The summed E-state index contributed by atoms with van der Waals surface area (Å²) in [6, 6.07) is 15.7. The molecule has 1 aliphatic heterocycles. The van der Waals surface area contributed by atoms with Crippen molar-refractivity contribution in [3.05, 3.63) is 80.3 Å². The van der Waals surface area contributed by atoms with Gasteiger partial charge < -0.3 is 9.73 Å². The maximum absolute atomic E-state index is 12.2. The number of halogens is 3. The highest BCUT2D eigenvalue weighted by Crippen LogP contribution is 2.34. The zero-order valence-corrected chi connectivity index (χ0v) is 17.2. The van der Waals surface area contributed by atoms with Gasteiger partial charge in [0.15, 0.2) is 5.17 Å². The van der Waals surface area contributed by atoms with E-state index in [1.165, 1.54) is 11.8 Å². The van der Waals surface area contributed by atoms with Crippen LogP contribution in [0.2, 0.25) is 15.1 Å². The molecule has 0 bridgehead atoms. The summed E-state index contributed by atoms with van der Waals surface area (Å²) in [5.74, 6) is 0.852. The molecule has 28 heavy (non-hydrogen) atoms. The van der Waals surface area contributed by atoms with Crippen LogP contribution in [-0.2, 0) is 4.79 Å². The standard InChI is InChI=1S/C20H11Cl3N2O2S/c21-11-1-4-13(5-2-11)24-20-25-19(26)18(28-20)10-14-6-8-17(27-14)15-9-12(22)3-7-16(15)23/h1-10H,(H,24,25,26). The predicted molar refractivity (Wildman–Crippen MR) is 116 cm³/mol. The van der Waals surface area contributed by atoms with Gasteiger partial charge in [0.25, 0.3) is 5.91 Å². The van der Waals surface area contributed by atoms with Gasteiger partial charge in [-0.1, -0.05) is 34.8 Å². The van der Waals surface area contributed by atoms with Crippen LogP contribution in [0.4, 0.5) is 5.69 Å². The normalized spacial score (nSPS) is 16.8. The van der Waals surface area contributed by atoms with E-state index in [1.54, 1.807) is 60.7 Å². The SMILES string of the molecule is O=C1NC(=Nc2ccc(Cl)cc2)SC1=Cc1ccc(-c2cc(Cl)ccc2Cl)o1. The molecule has 140 valence electrons. The average Bonchev–Trinajstić information content (AvgIpc) is 3.26. The first kappa shape index (κ1) is 19.2. The van der Waals surface area contributed by atoms with Crippen LogP contribution in [-0.4, -0.2) is 11.1 Å². The second kappa shape index (κ2) is 8.05. The van der Waals surface area contributed by atoms with Gasteiger partial charge in [0.2, 0.25) is 0 Å². The zero-order chi connectivity index (χ0) is 19.7. The molecule has 2 aromatic carbocycles. The molecule has 3 aromatic rings. The Morgan fingerprint density at radius 3 is 2.50 bits per heavy atom. The number of aliphatic imine (C=N–C) groups is 1. The summed E-state index contributed by atoms with van der Waals surface area (Å²) in [5.41, 5.74) is 1.39. The summed E-state index contributed by atoms with van der Waals surface area (Å²) in [5, 5.41) is 4.94. The van der Waals surface area contributed by atoms with Gasteiger partial charge in [0.1, 0.15) is 11.5 Å². The molecule has 8 heteroatoms. The van der Waals surface area contributed by atoms with Crippen LogP contribution in [0, 0.1) is 0 Å². The number of amides is 1. The third-order valence-corrected chi connectivity index (χ3v) is 5.53. The van der Waals surface area contributed by atoms with Crippen LogP contribution < -0.4 is 5.32 Å². The minimum Gasteiger partial charge on any atom is -0.457 e. The maximum atomic E-state index is 12.2. The fraction of sp³-hybridized carbons (Fsp3) is 0. The minimum absolute atomic E-state index is 0.239. The number of carbonyl (C=O) groups is 1. The first-order valence-electron chi connectivity index (χ1n) is 8.08. The lowest BCUT2D eigenvalue weighted by molar-refractivity contribution is -0.115. The van der Waals surface area contributed by atoms with Crippen molar-refractivity contribution in [2.75, 3.05) is 0 Å². The molecule has 1 amide bonds. The van der Waals surface area contributed by atoms with Crippen molar-refractivity contribution in [2.45, 2.75) is 0 Å². The molecule has 1 aromatic heterocycles. The third kappa shape index (κ3) is 4.28. The summed E-state index contributed by atoms with van der Waals surface area (Å²) in [6.45, 7) is 0. The quantitative estimate of drug-likeness (QED) is 0.447. The number of thioether (sulfide) groups is 1. The fourth-order valence-corrected chi connectivity index (χ4v) is 3.83. The van der Waals surface area contributed by atoms with Crippen LogP contribution >= 0.6 is 46.6 Å². The van der Waals surface area contributed by atoms with Gasteiger partial charge in [-0.25, -0.2) is 4.99 Å². The highest BCUT2D eigenvalue weighted by Gasteiger charge is 2.24. The van der Waals surface area contributed by atoms with Crippen LogP contribution in [0.25, 0.3) is 17.4 Å². The van der Waals surface area contributed by atoms with Crippen molar-refractivity contribution in [3.8, 4) is 11.3 Å². The van der Waals surface area contributed by atoms with Crippen LogP contribution in [0.1, 0.15) is 5.76 Å². The molecule has 0 unspecified atom stereocenters. The number of hydrogen-bond acceptors (Lipinski definition) is 4. The lowest BCUT2D eigenvalue weighted by Crippen LogP contribution is -2.19. The van der Waals surface area contributed by atoms with E-state index in [1.807, 2.05) is 0 Å². The van der Waals surface area contributed by atoms with E-state index < -0.39 is 0 Å². The van der Waals surface area contributed by atoms with Crippen LogP contribution in [0.15, 0.2) is 68.9 Å². The molecule has 0 radical (unpaired) electrons. The number of amidine groups is 1. The van der Waals surface area contributed by atoms with E-state index >= 15 is 0 Å². The van der Waals surface area contributed by atoms with Gasteiger partial charge in [-0.05, 0) is 66.4 Å². The predicted octanol–water partition coefficient (Wildman–Crippen LogP) is 6.80. The number of furan rings is 1. The number of hydrogen-bond donors (Lipinski definition) is 1. The molecule has 1 aliphatic rings. The van der Waals surface area contributed by atoms with Crippen molar-refractivity contribution < 1.29 is 9.21 Å². The molecule has 1 saturated heterocycles. The van der Waals surface area contributed by atoms with Crippen molar-refractivity contribution in [3.63, 3.8) is 0 Å². The van der Waals surface area contributed by atoms with Crippen LogP contribution in [0.5, 0.6) is 0 Å². The highest BCUT2D eigenvalue weighted by molar-refractivity contribution is 8.18. The minimum atomic E-state index is -0.239. The molecule has 2 heterocycles. The molecule has 0 aliphatic carbocycles. The van der Waals surface area contributed by atoms with Gasteiger partial charge in [-0.3, -0.25) is 4.79 Å². The number of nitrogens with one attached hydrogen (secondary N) is 1. The first-order chi connectivity index (χ1) is 13.5. The molecule has 0 spiro atoms. The topological polar surface area (TPSA) is 54.6 Å². The highest BCUT2D eigenvalue weighted by atomic mass is 35.5. The summed E-state index contributed by atoms with van der Waals surface area (Å²) in [4.78, 5) is 17.1. The molecule has 0 atom stereocenters. The van der Waals surface area contributed by atoms with Gasteiger partial charge in [-0.2, -0.15) is 0 Å². The first-order valence-corrected chi connectivity index (χ1v) is 10.0. The van der Waals surface area contributed by atoms with Crippen molar-refractivity contribution in [1.82, 2.24) is 5.32 Å². The molecule has 1 N–H and O–H groups in total. The molecular formula is C20H11Cl3N2O2S. The van der Waals surface area contributed by atoms with Gasteiger partial charge in [0, 0.05) is 21.7 Å². The largest absolute Gasteiger partial charge is 0.457 e. The number of rotatable bonds is 3. The summed E-state index contributed by atoms with van der Waals surface area (Å²) >= 11 is 19.3.